The summed E-state index contributed by atoms with van der Waals surface area (Å²) in [7, 11) is 1.75. The summed E-state index contributed by atoms with van der Waals surface area (Å²) in [5.74, 6) is 0.0798. The molecule has 0 radical (unpaired) electrons. The van der Waals surface area contributed by atoms with Gasteiger partial charge in [-0.3, -0.25) is 9.59 Å². The van der Waals surface area contributed by atoms with Gasteiger partial charge in [-0.1, -0.05) is 6.42 Å². The number of thiazole rings is 1. The molecule has 2 amide bonds. The number of amides is 2. The molecular weight excluding hydrogens is 262 g/mol. The van der Waals surface area contributed by atoms with Crippen LogP contribution in [0.2, 0.25) is 0 Å². The van der Waals surface area contributed by atoms with Crippen LogP contribution in [0.1, 0.15) is 31.4 Å². The Morgan fingerprint density at radius 3 is 3.05 bits per heavy atom. The van der Waals surface area contributed by atoms with Crippen molar-refractivity contribution in [3.63, 3.8) is 0 Å². The van der Waals surface area contributed by atoms with E-state index in [1.54, 1.807) is 22.4 Å². The second kappa shape index (κ2) is 6.65. The second-order valence-electron chi connectivity index (χ2n) is 4.86. The van der Waals surface area contributed by atoms with Crippen molar-refractivity contribution in [2.45, 2.75) is 32.2 Å². The summed E-state index contributed by atoms with van der Waals surface area (Å²) in [5, 5.41) is 1.93. The molecule has 0 spiro atoms. The van der Waals surface area contributed by atoms with Crippen molar-refractivity contribution >= 4 is 23.2 Å². The minimum Gasteiger partial charge on any atom is -0.338 e. The number of aromatic nitrogens is 1. The van der Waals surface area contributed by atoms with Gasteiger partial charge in [0.15, 0.2) is 0 Å². The zero-order valence-electron chi connectivity index (χ0n) is 11.2. The fraction of sp³-hybridized carbons (Fsp3) is 0.615. The van der Waals surface area contributed by atoms with Crippen LogP contribution in [-0.2, 0) is 16.1 Å². The summed E-state index contributed by atoms with van der Waals surface area (Å²) >= 11 is 1.52. The fourth-order valence-corrected chi connectivity index (χ4v) is 2.69. The van der Waals surface area contributed by atoms with Gasteiger partial charge >= 0.3 is 0 Å². The van der Waals surface area contributed by atoms with Crippen LogP contribution in [-0.4, -0.2) is 46.7 Å². The minimum absolute atomic E-state index is 0.0248. The van der Waals surface area contributed by atoms with Crippen LogP contribution in [0.3, 0.4) is 0 Å². The monoisotopic (exact) mass is 281 g/mol. The zero-order chi connectivity index (χ0) is 13.7. The van der Waals surface area contributed by atoms with E-state index in [1.807, 2.05) is 5.38 Å². The number of nitrogens with zero attached hydrogens (tertiary/aromatic N) is 3. The van der Waals surface area contributed by atoms with Gasteiger partial charge in [0.05, 0.1) is 24.3 Å². The van der Waals surface area contributed by atoms with Crippen molar-refractivity contribution < 1.29 is 9.59 Å². The van der Waals surface area contributed by atoms with Gasteiger partial charge in [-0.2, -0.15) is 0 Å². The van der Waals surface area contributed by atoms with E-state index in [2.05, 4.69) is 4.98 Å². The van der Waals surface area contributed by atoms with Crippen LogP contribution in [0, 0.1) is 0 Å². The first-order valence-electron chi connectivity index (χ1n) is 6.55. The molecule has 1 aliphatic heterocycles. The largest absolute Gasteiger partial charge is 0.338 e. The number of likely N-dealkylation sites (tertiary alicyclic amines) is 1. The third kappa shape index (κ3) is 4.02. The predicted octanol–water partition coefficient (Wildman–Crippen LogP) is 1.50. The Bertz CT molecular complexity index is 433. The Balaban J connectivity index is 1.86. The Kier molecular flexibility index (Phi) is 4.90. The van der Waals surface area contributed by atoms with Crippen molar-refractivity contribution in [1.82, 2.24) is 14.8 Å². The normalized spacial score (nSPS) is 16.3. The molecule has 0 aromatic carbocycles. The number of hydrogen-bond acceptors (Lipinski definition) is 4. The highest BCUT2D eigenvalue weighted by Crippen LogP contribution is 2.11. The average molecular weight is 281 g/mol. The molecule has 1 aliphatic rings. The molecule has 0 saturated carbocycles. The van der Waals surface area contributed by atoms with E-state index in [9.17, 15) is 9.59 Å². The third-order valence-corrected chi connectivity index (χ3v) is 3.94. The lowest BCUT2D eigenvalue weighted by Gasteiger charge is -2.23. The van der Waals surface area contributed by atoms with E-state index in [0.29, 0.717) is 19.5 Å². The zero-order valence-corrected chi connectivity index (χ0v) is 12.0. The van der Waals surface area contributed by atoms with E-state index in [-0.39, 0.29) is 18.4 Å². The molecular formula is C13H19N3O2S. The van der Waals surface area contributed by atoms with Crippen molar-refractivity contribution in [2.24, 2.45) is 0 Å². The molecule has 6 heteroatoms. The number of likely N-dealkylation sites (N-methyl/N-ethyl adjacent to an activating group) is 1. The van der Waals surface area contributed by atoms with Gasteiger partial charge < -0.3 is 9.80 Å². The van der Waals surface area contributed by atoms with E-state index < -0.39 is 0 Å². The van der Waals surface area contributed by atoms with Crippen LogP contribution in [0.4, 0.5) is 0 Å². The molecule has 0 N–H and O–H groups in total. The third-order valence-electron chi connectivity index (χ3n) is 3.31. The van der Waals surface area contributed by atoms with Gasteiger partial charge in [-0.15, -0.1) is 11.3 Å². The summed E-state index contributed by atoms with van der Waals surface area (Å²) in [5.41, 5.74) is 2.65. The molecule has 1 aromatic rings. The molecule has 0 bridgehead atoms. The van der Waals surface area contributed by atoms with Crippen molar-refractivity contribution in [1.29, 1.82) is 0 Å². The fourth-order valence-electron chi connectivity index (χ4n) is 2.14. The smallest absolute Gasteiger partial charge is 0.242 e. The standard InChI is InChI=1S/C13H19N3O2S/c1-15(7-11-9-19-10-14-11)13(18)8-16-6-4-2-3-5-12(16)17/h9-10H,2-8H2,1H3. The van der Waals surface area contributed by atoms with Gasteiger partial charge in [0, 0.05) is 25.4 Å². The Hall–Kier alpha value is -1.43. The highest BCUT2D eigenvalue weighted by Gasteiger charge is 2.21. The van der Waals surface area contributed by atoms with E-state index >= 15 is 0 Å². The van der Waals surface area contributed by atoms with Gasteiger partial charge in [0.2, 0.25) is 11.8 Å². The summed E-state index contributed by atoms with van der Waals surface area (Å²) < 4.78 is 0. The molecule has 1 fully saturated rings. The maximum atomic E-state index is 12.1. The van der Waals surface area contributed by atoms with Crippen LogP contribution < -0.4 is 0 Å². The molecule has 2 heterocycles. The lowest BCUT2D eigenvalue weighted by Crippen LogP contribution is -2.41. The molecule has 19 heavy (non-hydrogen) atoms. The summed E-state index contributed by atoms with van der Waals surface area (Å²) in [6.45, 7) is 1.40. The highest BCUT2D eigenvalue weighted by atomic mass is 32.1. The SMILES string of the molecule is CN(Cc1cscn1)C(=O)CN1CCCCCC1=O. The lowest BCUT2D eigenvalue weighted by molar-refractivity contribution is -0.139. The molecule has 2 rings (SSSR count). The molecule has 1 aromatic heterocycles. The summed E-state index contributed by atoms with van der Waals surface area (Å²) in [6, 6.07) is 0. The van der Waals surface area contributed by atoms with Crippen LogP contribution in [0.15, 0.2) is 10.9 Å². The van der Waals surface area contributed by atoms with E-state index in [4.69, 9.17) is 0 Å². The Morgan fingerprint density at radius 1 is 1.47 bits per heavy atom. The number of carbonyl (C=O) groups excluding carboxylic acids is 2. The first kappa shape index (κ1) is 14.0. The van der Waals surface area contributed by atoms with Crippen LogP contribution >= 0.6 is 11.3 Å². The number of rotatable bonds is 4. The Labute approximate surface area is 117 Å². The van der Waals surface area contributed by atoms with E-state index in [0.717, 1.165) is 25.0 Å². The van der Waals surface area contributed by atoms with Crippen LogP contribution in [0.25, 0.3) is 0 Å². The van der Waals surface area contributed by atoms with Gasteiger partial charge in [-0.05, 0) is 12.8 Å². The minimum atomic E-state index is -0.0248. The summed E-state index contributed by atoms with van der Waals surface area (Å²) in [4.78, 5) is 31.4. The van der Waals surface area contributed by atoms with Crippen molar-refractivity contribution in [2.75, 3.05) is 20.1 Å². The van der Waals surface area contributed by atoms with Gasteiger partial charge in [0.1, 0.15) is 0 Å². The molecule has 0 aliphatic carbocycles. The maximum Gasteiger partial charge on any atom is 0.242 e. The number of hydrogen-bond donors (Lipinski definition) is 0. The van der Waals surface area contributed by atoms with Gasteiger partial charge in [0.25, 0.3) is 0 Å². The van der Waals surface area contributed by atoms with Crippen LogP contribution in [0.5, 0.6) is 0 Å². The quantitative estimate of drug-likeness (QED) is 0.840. The number of carbonyl (C=O) groups is 2. The topological polar surface area (TPSA) is 53.5 Å². The van der Waals surface area contributed by atoms with Gasteiger partial charge in [-0.25, -0.2) is 4.98 Å². The van der Waals surface area contributed by atoms with Crippen molar-refractivity contribution in [3.8, 4) is 0 Å². The van der Waals surface area contributed by atoms with Crippen molar-refractivity contribution in [3.05, 3.63) is 16.6 Å². The molecule has 104 valence electrons. The molecule has 1 saturated heterocycles. The summed E-state index contributed by atoms with van der Waals surface area (Å²) in [6.07, 6.45) is 3.58. The second-order valence-corrected chi connectivity index (χ2v) is 5.57. The first-order valence-corrected chi connectivity index (χ1v) is 7.50. The molecule has 0 unspecified atom stereocenters. The average Bonchev–Trinajstić information content (AvgIpc) is 2.81. The Morgan fingerprint density at radius 2 is 2.32 bits per heavy atom. The highest BCUT2D eigenvalue weighted by molar-refractivity contribution is 7.07. The molecule has 5 nitrogen and oxygen atoms in total. The van der Waals surface area contributed by atoms with E-state index in [1.165, 1.54) is 11.3 Å². The maximum absolute atomic E-state index is 12.1. The first-order chi connectivity index (χ1) is 9.16. The molecule has 0 atom stereocenters. The predicted molar refractivity (Wildman–Crippen MR) is 73.6 cm³/mol. The lowest BCUT2D eigenvalue weighted by atomic mass is 10.2.